The molecule has 0 bridgehead atoms. The van der Waals surface area contributed by atoms with Gasteiger partial charge >= 0.3 is 5.97 Å². The Bertz CT molecular complexity index is 599. The molecule has 1 aliphatic rings. The summed E-state index contributed by atoms with van der Waals surface area (Å²) in [4.78, 5) is 15.3. The van der Waals surface area contributed by atoms with E-state index in [1.165, 1.54) is 13.2 Å². The van der Waals surface area contributed by atoms with Gasteiger partial charge < -0.3 is 9.84 Å². The molecular formula is C12H12N2O3. The van der Waals surface area contributed by atoms with Gasteiger partial charge in [-0.2, -0.15) is 0 Å². The Morgan fingerprint density at radius 3 is 2.94 bits per heavy atom. The second kappa shape index (κ2) is 3.48. The van der Waals surface area contributed by atoms with Crippen LogP contribution in [0.1, 0.15) is 34.8 Å². The second-order valence-corrected chi connectivity index (χ2v) is 4.25. The van der Waals surface area contributed by atoms with E-state index in [1.807, 2.05) is 4.40 Å². The first-order valence-corrected chi connectivity index (χ1v) is 5.49. The van der Waals surface area contributed by atoms with Crippen LogP contribution in [-0.2, 0) is 0 Å². The zero-order chi connectivity index (χ0) is 12.0. The SMILES string of the molecule is COc1cc(C(=O)O)cn2c(C3CC3)cnc12. The normalized spacial score (nSPS) is 15.1. The third-order valence-corrected chi connectivity index (χ3v) is 3.06. The van der Waals surface area contributed by atoms with Crippen molar-refractivity contribution in [3.8, 4) is 5.75 Å². The molecule has 0 unspecified atom stereocenters. The van der Waals surface area contributed by atoms with E-state index in [0.717, 1.165) is 18.5 Å². The van der Waals surface area contributed by atoms with Crippen LogP contribution in [0, 0.1) is 0 Å². The number of aromatic carboxylic acids is 1. The first-order valence-electron chi connectivity index (χ1n) is 5.49. The Hall–Kier alpha value is -2.04. The van der Waals surface area contributed by atoms with E-state index in [9.17, 15) is 4.79 Å². The predicted octanol–water partition coefficient (Wildman–Crippen LogP) is 1.92. The van der Waals surface area contributed by atoms with Gasteiger partial charge in [0.25, 0.3) is 0 Å². The number of aromatic nitrogens is 2. The highest BCUT2D eigenvalue weighted by Crippen LogP contribution is 2.40. The van der Waals surface area contributed by atoms with Crippen molar-refractivity contribution in [1.82, 2.24) is 9.38 Å². The van der Waals surface area contributed by atoms with Gasteiger partial charge in [0.05, 0.1) is 12.7 Å². The van der Waals surface area contributed by atoms with Crippen LogP contribution >= 0.6 is 0 Å². The molecule has 0 atom stereocenters. The van der Waals surface area contributed by atoms with E-state index in [4.69, 9.17) is 9.84 Å². The van der Waals surface area contributed by atoms with E-state index in [0.29, 0.717) is 17.3 Å². The molecule has 0 saturated heterocycles. The smallest absolute Gasteiger partial charge is 0.337 e. The fraction of sp³-hybridized carbons (Fsp3) is 0.333. The molecule has 2 aromatic heterocycles. The minimum absolute atomic E-state index is 0.217. The lowest BCUT2D eigenvalue weighted by Gasteiger charge is -2.06. The maximum absolute atomic E-state index is 11.0. The fourth-order valence-corrected chi connectivity index (χ4v) is 2.02. The highest BCUT2D eigenvalue weighted by Gasteiger charge is 2.27. The molecule has 2 heterocycles. The highest BCUT2D eigenvalue weighted by atomic mass is 16.5. The van der Waals surface area contributed by atoms with Gasteiger partial charge in [-0.15, -0.1) is 0 Å². The van der Waals surface area contributed by atoms with Crippen molar-refractivity contribution in [2.75, 3.05) is 7.11 Å². The van der Waals surface area contributed by atoms with Crippen LogP contribution in [0.15, 0.2) is 18.5 Å². The van der Waals surface area contributed by atoms with Gasteiger partial charge in [-0.3, -0.25) is 4.40 Å². The largest absolute Gasteiger partial charge is 0.493 e. The number of nitrogens with zero attached hydrogens (tertiary/aromatic N) is 2. The highest BCUT2D eigenvalue weighted by molar-refractivity contribution is 5.88. The van der Waals surface area contributed by atoms with E-state index in [2.05, 4.69) is 4.98 Å². The van der Waals surface area contributed by atoms with Crippen molar-refractivity contribution in [1.29, 1.82) is 0 Å². The van der Waals surface area contributed by atoms with Gasteiger partial charge in [-0.25, -0.2) is 9.78 Å². The monoisotopic (exact) mass is 232 g/mol. The summed E-state index contributed by atoms with van der Waals surface area (Å²) in [7, 11) is 1.52. The molecule has 0 aromatic carbocycles. The first kappa shape index (κ1) is 10.1. The third kappa shape index (κ3) is 1.54. The number of hydrogen-bond donors (Lipinski definition) is 1. The summed E-state index contributed by atoms with van der Waals surface area (Å²) in [5.74, 6) is 0.0520. The average Bonchev–Trinajstić information content (AvgIpc) is 3.07. The van der Waals surface area contributed by atoms with E-state index < -0.39 is 5.97 Å². The van der Waals surface area contributed by atoms with Crippen molar-refractivity contribution in [2.24, 2.45) is 0 Å². The number of imidazole rings is 1. The summed E-state index contributed by atoms with van der Waals surface area (Å²) < 4.78 is 7.02. The first-order chi connectivity index (χ1) is 8.20. The molecule has 0 spiro atoms. The number of rotatable bonds is 3. The van der Waals surface area contributed by atoms with Gasteiger partial charge in [-0.1, -0.05) is 0 Å². The van der Waals surface area contributed by atoms with Gasteiger partial charge in [0, 0.05) is 24.0 Å². The zero-order valence-electron chi connectivity index (χ0n) is 9.38. The van der Waals surface area contributed by atoms with Crippen LogP contribution in [0.2, 0.25) is 0 Å². The molecule has 3 rings (SSSR count). The Morgan fingerprint density at radius 2 is 2.35 bits per heavy atom. The van der Waals surface area contributed by atoms with Gasteiger partial charge in [0.15, 0.2) is 11.4 Å². The lowest BCUT2D eigenvalue weighted by atomic mass is 10.2. The van der Waals surface area contributed by atoms with Crippen molar-refractivity contribution >= 4 is 11.6 Å². The van der Waals surface area contributed by atoms with Crippen LogP contribution in [0.25, 0.3) is 5.65 Å². The average molecular weight is 232 g/mol. The maximum Gasteiger partial charge on any atom is 0.337 e. The van der Waals surface area contributed by atoms with Crippen molar-refractivity contribution in [3.05, 3.63) is 29.7 Å². The van der Waals surface area contributed by atoms with Crippen molar-refractivity contribution in [3.63, 3.8) is 0 Å². The van der Waals surface area contributed by atoms with Crippen LogP contribution in [0.4, 0.5) is 0 Å². The summed E-state index contributed by atoms with van der Waals surface area (Å²) >= 11 is 0. The van der Waals surface area contributed by atoms with Crippen LogP contribution in [-0.4, -0.2) is 27.6 Å². The molecule has 0 amide bonds. The molecule has 0 aliphatic heterocycles. The van der Waals surface area contributed by atoms with Crippen molar-refractivity contribution < 1.29 is 14.6 Å². The summed E-state index contributed by atoms with van der Waals surface area (Å²) in [5.41, 5.74) is 1.97. The van der Waals surface area contributed by atoms with E-state index in [1.54, 1.807) is 12.4 Å². The van der Waals surface area contributed by atoms with Crippen LogP contribution < -0.4 is 4.74 Å². The van der Waals surface area contributed by atoms with Crippen LogP contribution in [0.5, 0.6) is 5.75 Å². The number of carboxylic acid groups (broad SMARTS) is 1. The predicted molar refractivity (Wildman–Crippen MR) is 60.7 cm³/mol. The molecule has 2 aromatic rings. The number of pyridine rings is 1. The standard InChI is InChI=1S/C12H12N2O3/c1-17-10-4-8(12(15)16)6-14-9(7-2-3-7)5-13-11(10)14/h4-7H,2-3H2,1H3,(H,15,16). The lowest BCUT2D eigenvalue weighted by molar-refractivity contribution is 0.0696. The molecule has 88 valence electrons. The quantitative estimate of drug-likeness (QED) is 0.878. The molecule has 1 N–H and O–H groups in total. The van der Waals surface area contributed by atoms with Gasteiger partial charge in [-0.05, 0) is 18.9 Å². The Balaban J connectivity index is 2.27. The molecule has 1 fully saturated rings. The number of fused-ring (bicyclic) bond motifs is 1. The number of ether oxygens (including phenoxy) is 1. The number of carboxylic acids is 1. The molecule has 5 heteroatoms. The molecular weight excluding hydrogens is 220 g/mol. The number of methoxy groups -OCH3 is 1. The summed E-state index contributed by atoms with van der Waals surface area (Å²) in [5, 5.41) is 9.06. The Labute approximate surface area is 97.7 Å². The lowest BCUT2D eigenvalue weighted by Crippen LogP contribution is -2.02. The molecule has 17 heavy (non-hydrogen) atoms. The zero-order valence-corrected chi connectivity index (χ0v) is 9.38. The topological polar surface area (TPSA) is 63.8 Å². The summed E-state index contributed by atoms with van der Waals surface area (Å²) in [6.07, 6.45) is 5.71. The fourth-order valence-electron chi connectivity index (χ4n) is 2.02. The van der Waals surface area contributed by atoms with Gasteiger partial charge in [0.2, 0.25) is 0 Å². The van der Waals surface area contributed by atoms with Crippen LogP contribution in [0.3, 0.4) is 0 Å². The summed E-state index contributed by atoms with van der Waals surface area (Å²) in [6.45, 7) is 0. The number of hydrogen-bond acceptors (Lipinski definition) is 3. The van der Waals surface area contributed by atoms with E-state index >= 15 is 0 Å². The molecule has 5 nitrogen and oxygen atoms in total. The minimum Gasteiger partial charge on any atom is -0.493 e. The van der Waals surface area contributed by atoms with Gasteiger partial charge in [0.1, 0.15) is 0 Å². The molecule has 1 aliphatic carbocycles. The summed E-state index contributed by atoms with van der Waals surface area (Å²) in [6, 6.07) is 1.50. The van der Waals surface area contributed by atoms with Crippen molar-refractivity contribution in [2.45, 2.75) is 18.8 Å². The van der Waals surface area contributed by atoms with E-state index in [-0.39, 0.29) is 5.56 Å². The minimum atomic E-state index is -0.958. The Kier molecular flexibility index (Phi) is 2.07. The molecule has 1 saturated carbocycles. The number of carbonyl (C=O) groups is 1. The Morgan fingerprint density at radius 1 is 1.59 bits per heavy atom. The maximum atomic E-state index is 11.0. The second-order valence-electron chi connectivity index (χ2n) is 4.25. The molecule has 0 radical (unpaired) electrons. The third-order valence-electron chi connectivity index (χ3n) is 3.06.